The third-order valence-corrected chi connectivity index (χ3v) is 2.93. The highest BCUT2D eigenvalue weighted by atomic mass is 14.5. The van der Waals surface area contributed by atoms with Crippen LogP contribution in [0.3, 0.4) is 0 Å². The van der Waals surface area contributed by atoms with E-state index < -0.39 is 0 Å². The average molecular weight is 175 g/mol. The highest BCUT2D eigenvalue weighted by Gasteiger charge is 2.36. The third kappa shape index (κ3) is 2.10. The number of hydrogen-bond donors (Lipinski definition) is 1. The summed E-state index contributed by atoms with van der Waals surface area (Å²) in [6, 6.07) is 10.8. The van der Waals surface area contributed by atoms with Gasteiger partial charge in [-0.2, -0.15) is 0 Å². The zero-order valence-corrected chi connectivity index (χ0v) is 7.95. The monoisotopic (exact) mass is 175 g/mol. The van der Waals surface area contributed by atoms with Crippen molar-refractivity contribution in [3.05, 3.63) is 35.9 Å². The molecule has 2 atom stereocenters. The molecule has 0 saturated heterocycles. The van der Waals surface area contributed by atoms with Crippen molar-refractivity contribution in [3.63, 3.8) is 0 Å². The maximum absolute atomic E-state index is 5.49. The Morgan fingerprint density at radius 1 is 1.23 bits per heavy atom. The molecule has 0 aromatic heterocycles. The Hall–Kier alpha value is -0.820. The molecule has 0 heterocycles. The minimum Gasteiger partial charge on any atom is -0.330 e. The van der Waals surface area contributed by atoms with Gasteiger partial charge < -0.3 is 5.73 Å². The Labute approximate surface area is 80.0 Å². The highest BCUT2D eigenvalue weighted by molar-refractivity contribution is 5.25. The minimum atomic E-state index is 0.841. The molecule has 0 radical (unpaired) electrons. The van der Waals surface area contributed by atoms with Gasteiger partial charge in [-0.3, -0.25) is 0 Å². The normalized spacial score (nSPS) is 25.9. The summed E-state index contributed by atoms with van der Waals surface area (Å²) in [6.07, 6.45) is 3.88. The van der Waals surface area contributed by atoms with E-state index in [0.29, 0.717) is 0 Å². The fourth-order valence-electron chi connectivity index (χ4n) is 2.06. The lowest BCUT2D eigenvalue weighted by Gasteiger charge is -1.98. The molecule has 0 spiro atoms. The van der Waals surface area contributed by atoms with Crippen molar-refractivity contribution in [2.24, 2.45) is 11.7 Å². The van der Waals surface area contributed by atoms with E-state index >= 15 is 0 Å². The second kappa shape index (κ2) is 3.93. The molecule has 1 aromatic rings. The van der Waals surface area contributed by atoms with E-state index in [1.807, 2.05) is 0 Å². The number of benzene rings is 1. The molecule has 1 aliphatic carbocycles. The van der Waals surface area contributed by atoms with Crippen LogP contribution in [0.15, 0.2) is 30.3 Å². The molecular weight excluding hydrogens is 158 g/mol. The van der Waals surface area contributed by atoms with Crippen LogP contribution in [0.2, 0.25) is 0 Å². The molecule has 1 fully saturated rings. The second-order valence-corrected chi connectivity index (χ2v) is 3.94. The smallest absolute Gasteiger partial charge is 0.00772 e. The predicted octanol–water partition coefficient (Wildman–Crippen LogP) is 2.53. The van der Waals surface area contributed by atoms with Gasteiger partial charge in [0.1, 0.15) is 0 Å². The topological polar surface area (TPSA) is 26.0 Å². The predicted molar refractivity (Wildman–Crippen MR) is 55.6 cm³/mol. The largest absolute Gasteiger partial charge is 0.330 e. The molecule has 2 unspecified atom stereocenters. The van der Waals surface area contributed by atoms with Gasteiger partial charge in [0.05, 0.1) is 0 Å². The number of nitrogens with two attached hydrogens (primary N) is 1. The van der Waals surface area contributed by atoms with Crippen LogP contribution in [0.1, 0.15) is 30.7 Å². The molecule has 13 heavy (non-hydrogen) atoms. The first-order chi connectivity index (χ1) is 6.42. The van der Waals surface area contributed by atoms with E-state index in [-0.39, 0.29) is 0 Å². The highest BCUT2D eigenvalue weighted by Crippen LogP contribution is 2.49. The van der Waals surface area contributed by atoms with Crippen molar-refractivity contribution in [2.75, 3.05) is 6.54 Å². The molecule has 0 aliphatic heterocycles. The van der Waals surface area contributed by atoms with Gasteiger partial charge in [0, 0.05) is 0 Å². The molecular formula is C12H17N. The fraction of sp³-hybridized carbons (Fsp3) is 0.500. The molecule has 1 saturated carbocycles. The van der Waals surface area contributed by atoms with Gasteiger partial charge in [-0.15, -0.1) is 0 Å². The molecule has 1 nitrogen and oxygen atoms in total. The van der Waals surface area contributed by atoms with E-state index in [1.54, 1.807) is 0 Å². The van der Waals surface area contributed by atoms with E-state index in [1.165, 1.54) is 24.8 Å². The van der Waals surface area contributed by atoms with Crippen molar-refractivity contribution in [3.8, 4) is 0 Å². The summed E-state index contributed by atoms with van der Waals surface area (Å²) in [6.45, 7) is 0.845. The SMILES string of the molecule is NCCCC1CC1c1ccccc1. The lowest BCUT2D eigenvalue weighted by atomic mass is 10.1. The first kappa shape index (κ1) is 8.76. The molecule has 70 valence electrons. The standard InChI is InChI=1S/C12H17N/c13-8-4-7-11-9-12(11)10-5-2-1-3-6-10/h1-3,5-6,11-12H,4,7-9,13H2. The molecule has 2 rings (SSSR count). The summed E-state index contributed by atoms with van der Waals surface area (Å²) >= 11 is 0. The average Bonchev–Trinajstić information content (AvgIpc) is 2.95. The summed E-state index contributed by atoms with van der Waals surface area (Å²) in [5, 5.41) is 0. The third-order valence-electron chi connectivity index (χ3n) is 2.93. The van der Waals surface area contributed by atoms with Crippen LogP contribution < -0.4 is 5.73 Å². The van der Waals surface area contributed by atoms with Crippen LogP contribution in [-0.2, 0) is 0 Å². The van der Waals surface area contributed by atoms with Crippen LogP contribution in [0, 0.1) is 5.92 Å². The summed E-state index contributed by atoms with van der Waals surface area (Å²) in [4.78, 5) is 0. The molecule has 0 amide bonds. The number of rotatable bonds is 4. The van der Waals surface area contributed by atoms with Gasteiger partial charge in [0.2, 0.25) is 0 Å². The summed E-state index contributed by atoms with van der Waals surface area (Å²) < 4.78 is 0. The van der Waals surface area contributed by atoms with Gasteiger partial charge >= 0.3 is 0 Å². The fourth-order valence-corrected chi connectivity index (χ4v) is 2.06. The minimum absolute atomic E-state index is 0.841. The zero-order valence-electron chi connectivity index (χ0n) is 7.95. The Balaban J connectivity index is 1.86. The van der Waals surface area contributed by atoms with E-state index in [0.717, 1.165) is 18.4 Å². The molecule has 0 bridgehead atoms. The van der Waals surface area contributed by atoms with Gasteiger partial charge in [-0.05, 0) is 43.2 Å². The Kier molecular flexibility index (Phi) is 2.65. The zero-order chi connectivity index (χ0) is 9.10. The van der Waals surface area contributed by atoms with Crippen LogP contribution in [0.25, 0.3) is 0 Å². The van der Waals surface area contributed by atoms with Crippen LogP contribution in [0.4, 0.5) is 0 Å². The number of hydrogen-bond acceptors (Lipinski definition) is 1. The molecule has 1 aliphatic rings. The first-order valence-corrected chi connectivity index (χ1v) is 5.17. The Morgan fingerprint density at radius 2 is 2.00 bits per heavy atom. The quantitative estimate of drug-likeness (QED) is 0.747. The Morgan fingerprint density at radius 3 is 2.69 bits per heavy atom. The summed E-state index contributed by atoms with van der Waals surface area (Å²) in [5.74, 6) is 1.76. The van der Waals surface area contributed by atoms with Crippen molar-refractivity contribution >= 4 is 0 Å². The van der Waals surface area contributed by atoms with Crippen molar-refractivity contribution in [1.82, 2.24) is 0 Å². The van der Waals surface area contributed by atoms with Crippen LogP contribution in [0.5, 0.6) is 0 Å². The lowest BCUT2D eigenvalue weighted by Crippen LogP contribution is -1.98. The van der Waals surface area contributed by atoms with Gasteiger partial charge in [-0.1, -0.05) is 30.3 Å². The van der Waals surface area contributed by atoms with Gasteiger partial charge in [0.15, 0.2) is 0 Å². The lowest BCUT2D eigenvalue weighted by molar-refractivity contribution is 0.658. The maximum atomic E-state index is 5.49. The summed E-state index contributed by atoms with van der Waals surface area (Å²) in [5.41, 5.74) is 7.01. The van der Waals surface area contributed by atoms with Crippen molar-refractivity contribution in [2.45, 2.75) is 25.2 Å². The maximum Gasteiger partial charge on any atom is -0.00772 e. The second-order valence-electron chi connectivity index (χ2n) is 3.94. The first-order valence-electron chi connectivity index (χ1n) is 5.17. The van der Waals surface area contributed by atoms with Crippen LogP contribution in [-0.4, -0.2) is 6.54 Å². The van der Waals surface area contributed by atoms with E-state index in [2.05, 4.69) is 30.3 Å². The van der Waals surface area contributed by atoms with Crippen molar-refractivity contribution < 1.29 is 0 Å². The van der Waals surface area contributed by atoms with E-state index in [9.17, 15) is 0 Å². The van der Waals surface area contributed by atoms with E-state index in [4.69, 9.17) is 5.73 Å². The molecule has 1 aromatic carbocycles. The van der Waals surface area contributed by atoms with Gasteiger partial charge in [-0.25, -0.2) is 0 Å². The molecule has 2 N–H and O–H groups in total. The van der Waals surface area contributed by atoms with Crippen LogP contribution >= 0.6 is 0 Å². The van der Waals surface area contributed by atoms with Gasteiger partial charge in [0.25, 0.3) is 0 Å². The van der Waals surface area contributed by atoms with Crippen molar-refractivity contribution in [1.29, 1.82) is 0 Å². The summed E-state index contributed by atoms with van der Waals surface area (Å²) in [7, 11) is 0. The Bertz CT molecular complexity index is 255. The molecule has 1 heteroatoms.